The molecule has 0 aliphatic carbocycles. The fourth-order valence-electron chi connectivity index (χ4n) is 3.56. The van der Waals surface area contributed by atoms with E-state index in [1.54, 1.807) is 13.2 Å². The van der Waals surface area contributed by atoms with Crippen LogP contribution in [0.1, 0.15) is 29.6 Å². The van der Waals surface area contributed by atoms with Gasteiger partial charge in [-0.3, -0.25) is 14.5 Å². The summed E-state index contributed by atoms with van der Waals surface area (Å²) in [4.78, 5) is 27.3. The predicted octanol–water partition coefficient (Wildman–Crippen LogP) is 3.12. The number of aromatic nitrogens is 3. The van der Waals surface area contributed by atoms with Gasteiger partial charge in [0.15, 0.2) is 5.82 Å². The summed E-state index contributed by atoms with van der Waals surface area (Å²) in [5.74, 6) is 6.06. The molecule has 1 atom stereocenters. The van der Waals surface area contributed by atoms with Gasteiger partial charge >= 0.3 is 0 Å². The zero-order valence-electron chi connectivity index (χ0n) is 17.4. The first-order valence-corrected chi connectivity index (χ1v) is 11.0. The maximum atomic E-state index is 13.2. The SMILES string of the molecule is COc1ccccc1-c1nnc(SC2CCCCN(C(=O)c3ccc(F)cc3)C2=O)n1N. The van der Waals surface area contributed by atoms with Crippen molar-refractivity contribution < 1.29 is 18.7 Å². The molecule has 2 amide bonds. The van der Waals surface area contributed by atoms with Crippen molar-refractivity contribution in [3.8, 4) is 17.1 Å². The van der Waals surface area contributed by atoms with Gasteiger partial charge in [-0.15, -0.1) is 10.2 Å². The molecule has 0 bridgehead atoms. The van der Waals surface area contributed by atoms with Crippen molar-refractivity contribution >= 4 is 23.6 Å². The quantitative estimate of drug-likeness (QED) is 0.466. The summed E-state index contributed by atoms with van der Waals surface area (Å²) < 4.78 is 19.9. The molecule has 0 spiro atoms. The van der Waals surface area contributed by atoms with Crippen LogP contribution >= 0.6 is 11.8 Å². The van der Waals surface area contributed by atoms with Gasteiger partial charge in [0, 0.05) is 12.1 Å². The number of nitrogens with two attached hydrogens (primary N) is 1. The molecule has 2 heterocycles. The van der Waals surface area contributed by atoms with Crippen LogP contribution in [0.2, 0.25) is 0 Å². The summed E-state index contributed by atoms with van der Waals surface area (Å²) >= 11 is 1.18. The van der Waals surface area contributed by atoms with Crippen molar-refractivity contribution in [3.63, 3.8) is 0 Å². The molecule has 166 valence electrons. The molecule has 2 aromatic carbocycles. The standard InChI is InChI=1S/C22H22FN5O3S/c1-31-17-7-3-2-6-16(17)19-25-26-22(28(19)24)32-18-8-4-5-13-27(21(18)30)20(29)14-9-11-15(23)12-10-14/h2-3,6-7,9-12,18H,4-5,8,13,24H2,1H3. The Hall–Kier alpha value is -3.40. The Labute approximate surface area is 188 Å². The number of rotatable bonds is 5. The number of hydrogen-bond acceptors (Lipinski definition) is 7. The minimum atomic E-state index is -0.543. The van der Waals surface area contributed by atoms with Crippen LogP contribution < -0.4 is 10.6 Å². The molecule has 0 radical (unpaired) electrons. The van der Waals surface area contributed by atoms with E-state index in [1.807, 2.05) is 18.2 Å². The number of carbonyl (C=O) groups is 2. The molecule has 32 heavy (non-hydrogen) atoms. The first kappa shape index (κ1) is 21.8. The molecule has 8 nitrogen and oxygen atoms in total. The van der Waals surface area contributed by atoms with Crippen LogP contribution in [-0.2, 0) is 4.79 Å². The smallest absolute Gasteiger partial charge is 0.260 e. The number of thioether (sulfide) groups is 1. The van der Waals surface area contributed by atoms with Crippen LogP contribution in [0.25, 0.3) is 11.4 Å². The summed E-state index contributed by atoms with van der Waals surface area (Å²) in [5.41, 5.74) is 0.947. The number of ether oxygens (including phenoxy) is 1. The monoisotopic (exact) mass is 455 g/mol. The second-order valence-electron chi connectivity index (χ2n) is 7.28. The van der Waals surface area contributed by atoms with Gasteiger partial charge in [0.25, 0.3) is 5.91 Å². The second-order valence-corrected chi connectivity index (χ2v) is 8.45. The molecule has 10 heteroatoms. The van der Waals surface area contributed by atoms with Gasteiger partial charge in [0.05, 0.1) is 17.9 Å². The lowest BCUT2D eigenvalue weighted by atomic mass is 10.2. The van der Waals surface area contributed by atoms with Crippen LogP contribution in [0, 0.1) is 5.82 Å². The third-order valence-electron chi connectivity index (χ3n) is 5.24. The molecule has 3 aromatic rings. The lowest BCUT2D eigenvalue weighted by Gasteiger charge is -2.22. The molecular formula is C22H22FN5O3S. The van der Waals surface area contributed by atoms with Crippen molar-refractivity contribution in [2.45, 2.75) is 29.7 Å². The van der Waals surface area contributed by atoms with Gasteiger partial charge in [-0.25, -0.2) is 9.07 Å². The predicted molar refractivity (Wildman–Crippen MR) is 118 cm³/mol. The van der Waals surface area contributed by atoms with Crippen molar-refractivity contribution in [2.24, 2.45) is 0 Å². The Bertz CT molecular complexity index is 1130. The molecule has 2 N–H and O–H groups in total. The summed E-state index contributed by atoms with van der Waals surface area (Å²) in [5, 5.41) is 8.16. The van der Waals surface area contributed by atoms with Gasteiger partial charge in [0.2, 0.25) is 11.1 Å². The molecule has 4 rings (SSSR count). The van der Waals surface area contributed by atoms with E-state index in [0.29, 0.717) is 41.7 Å². The topological polar surface area (TPSA) is 103 Å². The van der Waals surface area contributed by atoms with Gasteiger partial charge in [0.1, 0.15) is 11.6 Å². The Morgan fingerprint density at radius 3 is 2.66 bits per heavy atom. The molecule has 1 aromatic heterocycles. The van der Waals surface area contributed by atoms with Crippen molar-refractivity contribution in [3.05, 3.63) is 59.9 Å². The zero-order valence-corrected chi connectivity index (χ0v) is 18.2. The number of nitrogens with zero attached hydrogens (tertiary/aromatic N) is 4. The van der Waals surface area contributed by atoms with Gasteiger partial charge in [-0.1, -0.05) is 30.3 Å². The van der Waals surface area contributed by atoms with E-state index in [2.05, 4.69) is 10.2 Å². The van der Waals surface area contributed by atoms with E-state index in [9.17, 15) is 14.0 Å². The molecular weight excluding hydrogens is 433 g/mol. The van der Waals surface area contributed by atoms with E-state index in [0.717, 1.165) is 6.42 Å². The van der Waals surface area contributed by atoms with Crippen LogP contribution in [-0.4, -0.2) is 50.5 Å². The fraction of sp³-hybridized carbons (Fsp3) is 0.273. The summed E-state index contributed by atoms with van der Waals surface area (Å²) in [6, 6.07) is 12.5. The highest BCUT2D eigenvalue weighted by molar-refractivity contribution is 8.00. The number of para-hydroxylation sites is 1. The normalized spacial score (nSPS) is 16.6. The summed E-state index contributed by atoms with van der Waals surface area (Å²) in [6.07, 6.45) is 2.04. The summed E-state index contributed by atoms with van der Waals surface area (Å²) in [7, 11) is 1.56. The molecule has 1 fully saturated rings. The Kier molecular flexibility index (Phi) is 6.40. The Balaban J connectivity index is 1.56. The molecule has 1 saturated heterocycles. The number of carbonyl (C=O) groups excluding carboxylic acids is 2. The number of amides is 2. The Morgan fingerprint density at radius 1 is 1.16 bits per heavy atom. The second kappa shape index (κ2) is 9.39. The van der Waals surface area contributed by atoms with Crippen molar-refractivity contribution in [2.75, 3.05) is 19.5 Å². The number of methoxy groups -OCH3 is 1. The third-order valence-corrected chi connectivity index (χ3v) is 6.45. The van der Waals surface area contributed by atoms with E-state index in [1.165, 1.54) is 45.6 Å². The maximum absolute atomic E-state index is 13.2. The molecule has 0 saturated carbocycles. The fourth-order valence-corrected chi connectivity index (χ4v) is 4.62. The lowest BCUT2D eigenvalue weighted by molar-refractivity contribution is -0.127. The number of halogens is 1. The maximum Gasteiger partial charge on any atom is 0.260 e. The molecule has 1 aliphatic heterocycles. The minimum Gasteiger partial charge on any atom is -0.496 e. The number of imide groups is 1. The van der Waals surface area contributed by atoms with Gasteiger partial charge < -0.3 is 10.6 Å². The van der Waals surface area contributed by atoms with E-state index < -0.39 is 17.0 Å². The summed E-state index contributed by atoms with van der Waals surface area (Å²) in [6.45, 7) is 0.313. The number of benzene rings is 2. The van der Waals surface area contributed by atoms with Crippen LogP contribution in [0.15, 0.2) is 53.7 Å². The van der Waals surface area contributed by atoms with Crippen molar-refractivity contribution in [1.82, 2.24) is 19.8 Å². The number of likely N-dealkylation sites (tertiary alicyclic amines) is 1. The van der Waals surface area contributed by atoms with E-state index in [4.69, 9.17) is 10.6 Å². The van der Waals surface area contributed by atoms with Gasteiger partial charge in [-0.2, -0.15) is 0 Å². The zero-order chi connectivity index (χ0) is 22.7. The minimum absolute atomic E-state index is 0.269. The van der Waals surface area contributed by atoms with Crippen molar-refractivity contribution in [1.29, 1.82) is 0 Å². The van der Waals surface area contributed by atoms with E-state index in [-0.39, 0.29) is 11.5 Å². The number of nitrogen functional groups attached to an aromatic ring is 1. The lowest BCUT2D eigenvalue weighted by Crippen LogP contribution is -2.41. The largest absolute Gasteiger partial charge is 0.496 e. The van der Waals surface area contributed by atoms with Crippen LogP contribution in [0.5, 0.6) is 5.75 Å². The van der Waals surface area contributed by atoms with E-state index >= 15 is 0 Å². The average Bonchev–Trinajstić information content (AvgIpc) is 3.06. The highest BCUT2D eigenvalue weighted by Crippen LogP contribution is 2.33. The average molecular weight is 456 g/mol. The molecule has 1 aliphatic rings. The third kappa shape index (κ3) is 4.31. The van der Waals surface area contributed by atoms with Crippen LogP contribution in [0.4, 0.5) is 4.39 Å². The first-order chi connectivity index (χ1) is 15.5. The highest BCUT2D eigenvalue weighted by Gasteiger charge is 2.33. The first-order valence-electron chi connectivity index (χ1n) is 10.1. The number of hydrogen-bond donors (Lipinski definition) is 1. The molecule has 1 unspecified atom stereocenters. The van der Waals surface area contributed by atoms with Gasteiger partial charge in [-0.05, 0) is 49.2 Å². The van der Waals surface area contributed by atoms with Crippen LogP contribution in [0.3, 0.4) is 0 Å². The highest BCUT2D eigenvalue weighted by atomic mass is 32.2. The Morgan fingerprint density at radius 2 is 1.91 bits per heavy atom.